The molecule has 0 bridgehead atoms. The van der Waals surface area contributed by atoms with E-state index >= 15 is 0 Å². The van der Waals surface area contributed by atoms with Crippen molar-refractivity contribution < 1.29 is 0 Å². The number of hydrogen-bond acceptors (Lipinski definition) is 0. The van der Waals surface area contributed by atoms with Gasteiger partial charge in [-0.1, -0.05) is 108 Å². The van der Waals surface area contributed by atoms with Gasteiger partial charge in [-0.25, -0.2) is 0 Å². The summed E-state index contributed by atoms with van der Waals surface area (Å²) in [7, 11) is -1.60. The third-order valence-electron chi connectivity index (χ3n) is 4.40. The van der Waals surface area contributed by atoms with Gasteiger partial charge in [0.2, 0.25) is 0 Å². The van der Waals surface area contributed by atoms with Crippen molar-refractivity contribution in [1.82, 2.24) is 0 Å². The molecular weight excluding hydrogens is 280 g/mol. The van der Waals surface area contributed by atoms with Gasteiger partial charge in [0.15, 0.2) is 0 Å². The van der Waals surface area contributed by atoms with Gasteiger partial charge >= 0.3 is 0 Å². The molecule has 0 heterocycles. The maximum absolute atomic E-state index is 2.43. The molecule has 0 radical (unpaired) electrons. The van der Waals surface area contributed by atoms with Crippen LogP contribution in [0.1, 0.15) is 11.1 Å². The topological polar surface area (TPSA) is 0 Å². The van der Waals surface area contributed by atoms with Crippen LogP contribution in [-0.2, 0) is 6.42 Å². The van der Waals surface area contributed by atoms with Gasteiger partial charge in [-0.3, -0.25) is 0 Å². The Labute approximate surface area is 134 Å². The minimum absolute atomic E-state index is 1.01. The first-order valence-corrected chi connectivity index (χ1v) is 10.8. The Balaban J connectivity index is 1.91. The predicted octanol–water partition coefficient (Wildman–Crippen LogP) is 4.10. The molecule has 3 aromatic carbocycles. The highest BCUT2D eigenvalue weighted by Gasteiger charge is 2.25. The maximum Gasteiger partial charge on any atom is 0.112 e. The van der Waals surface area contributed by atoms with Crippen LogP contribution in [0.5, 0.6) is 0 Å². The fourth-order valence-electron chi connectivity index (χ4n) is 2.92. The van der Waals surface area contributed by atoms with Crippen molar-refractivity contribution in [3.8, 4) is 0 Å². The molecule has 1 heteroatoms. The second kappa shape index (κ2) is 6.33. The van der Waals surface area contributed by atoms with Crippen LogP contribution in [0.15, 0.2) is 84.9 Å². The van der Waals surface area contributed by atoms with E-state index in [0.29, 0.717) is 0 Å². The van der Waals surface area contributed by atoms with Gasteiger partial charge in [-0.2, -0.15) is 0 Å². The molecular formula is C21H22Si. The summed E-state index contributed by atoms with van der Waals surface area (Å²) in [5.74, 6) is 0. The maximum atomic E-state index is 2.43. The second-order valence-electron chi connectivity index (χ2n) is 6.35. The zero-order valence-electron chi connectivity index (χ0n) is 13.3. The molecule has 0 saturated carbocycles. The molecule has 0 N–H and O–H groups in total. The average molecular weight is 302 g/mol. The minimum atomic E-state index is -1.60. The molecule has 0 nitrogen and oxygen atoms in total. The van der Waals surface area contributed by atoms with Crippen LogP contribution < -0.4 is 10.4 Å². The third-order valence-corrected chi connectivity index (χ3v) is 7.93. The average Bonchev–Trinajstić information content (AvgIpc) is 2.57. The van der Waals surface area contributed by atoms with Crippen molar-refractivity contribution in [2.45, 2.75) is 19.5 Å². The van der Waals surface area contributed by atoms with Gasteiger partial charge in [0.05, 0.1) is 0 Å². The summed E-state index contributed by atoms with van der Waals surface area (Å²) in [6.45, 7) is 4.87. The molecule has 0 aromatic heterocycles. The van der Waals surface area contributed by atoms with Crippen molar-refractivity contribution in [2.24, 2.45) is 0 Å². The third kappa shape index (κ3) is 3.20. The normalized spacial score (nSPS) is 11.4. The molecule has 0 aliphatic rings. The summed E-state index contributed by atoms with van der Waals surface area (Å²) in [6.07, 6.45) is 1.01. The Kier molecular flexibility index (Phi) is 4.26. The number of hydrogen-bond donors (Lipinski definition) is 0. The fraction of sp³-hybridized carbons (Fsp3) is 0.143. The first kappa shape index (κ1) is 14.8. The molecule has 0 amide bonds. The Hall–Kier alpha value is -2.12. The van der Waals surface area contributed by atoms with Crippen molar-refractivity contribution >= 4 is 18.4 Å². The highest BCUT2D eigenvalue weighted by molar-refractivity contribution is 7.00. The molecule has 110 valence electrons. The summed E-state index contributed by atoms with van der Waals surface area (Å²) in [4.78, 5) is 0. The van der Waals surface area contributed by atoms with E-state index in [-0.39, 0.29) is 0 Å². The lowest BCUT2D eigenvalue weighted by molar-refractivity contribution is 1.20. The SMILES string of the molecule is C[Si](C)(c1ccccc1)c1cccc(Cc2ccccc2)c1. The van der Waals surface area contributed by atoms with Crippen LogP contribution in [0.2, 0.25) is 13.1 Å². The van der Waals surface area contributed by atoms with E-state index in [1.165, 1.54) is 21.5 Å². The fourth-order valence-corrected chi connectivity index (χ4v) is 5.34. The standard InChI is InChI=1S/C21H22Si/c1-22(2,20-13-7-4-8-14-20)21-15-9-12-19(17-21)16-18-10-5-3-6-11-18/h3-15,17H,16H2,1-2H3. The molecule has 0 saturated heterocycles. The van der Waals surface area contributed by atoms with Crippen molar-refractivity contribution in [3.63, 3.8) is 0 Å². The lowest BCUT2D eigenvalue weighted by atomic mass is 10.1. The molecule has 0 aliphatic heterocycles. The van der Waals surface area contributed by atoms with Gasteiger partial charge < -0.3 is 0 Å². The van der Waals surface area contributed by atoms with E-state index in [9.17, 15) is 0 Å². The second-order valence-corrected chi connectivity index (χ2v) is 10.8. The van der Waals surface area contributed by atoms with E-state index in [1.807, 2.05) is 0 Å². The van der Waals surface area contributed by atoms with E-state index < -0.39 is 8.07 Å². The van der Waals surface area contributed by atoms with Crippen LogP contribution in [0, 0.1) is 0 Å². The summed E-state index contributed by atoms with van der Waals surface area (Å²) in [5, 5.41) is 3.00. The molecule has 0 spiro atoms. The van der Waals surface area contributed by atoms with E-state index in [1.54, 1.807) is 0 Å². The van der Waals surface area contributed by atoms with Gasteiger partial charge in [0, 0.05) is 0 Å². The highest BCUT2D eigenvalue weighted by Crippen LogP contribution is 2.11. The zero-order chi connectivity index (χ0) is 15.4. The molecule has 3 aromatic rings. The highest BCUT2D eigenvalue weighted by atomic mass is 28.3. The van der Waals surface area contributed by atoms with Crippen LogP contribution in [0.3, 0.4) is 0 Å². The molecule has 3 rings (SSSR count). The number of rotatable bonds is 4. The van der Waals surface area contributed by atoms with E-state index in [0.717, 1.165) is 6.42 Å². The zero-order valence-corrected chi connectivity index (χ0v) is 14.3. The van der Waals surface area contributed by atoms with Crippen LogP contribution in [0.25, 0.3) is 0 Å². The lowest BCUT2D eigenvalue weighted by Gasteiger charge is -2.24. The first-order valence-electron chi connectivity index (χ1n) is 7.85. The van der Waals surface area contributed by atoms with Crippen molar-refractivity contribution in [3.05, 3.63) is 96.1 Å². The molecule has 22 heavy (non-hydrogen) atoms. The monoisotopic (exact) mass is 302 g/mol. The summed E-state index contributed by atoms with van der Waals surface area (Å²) < 4.78 is 0. The van der Waals surface area contributed by atoms with E-state index in [2.05, 4.69) is 98.0 Å². The van der Waals surface area contributed by atoms with Gasteiger partial charge in [-0.15, -0.1) is 0 Å². The molecule has 0 unspecified atom stereocenters. The lowest BCUT2D eigenvalue weighted by Crippen LogP contribution is -2.52. The summed E-state index contributed by atoms with van der Waals surface area (Å²) >= 11 is 0. The predicted molar refractivity (Wildman–Crippen MR) is 98.9 cm³/mol. The van der Waals surface area contributed by atoms with Crippen LogP contribution >= 0.6 is 0 Å². The summed E-state index contributed by atoms with van der Waals surface area (Å²) in [5.41, 5.74) is 2.78. The smallest absolute Gasteiger partial charge is 0.0626 e. The summed E-state index contributed by atoms with van der Waals surface area (Å²) in [6, 6.07) is 30.8. The molecule has 0 aliphatic carbocycles. The Morgan fingerprint density at radius 1 is 0.591 bits per heavy atom. The first-order chi connectivity index (χ1) is 10.7. The van der Waals surface area contributed by atoms with Gasteiger partial charge in [0.25, 0.3) is 0 Å². The van der Waals surface area contributed by atoms with Gasteiger partial charge in [0.1, 0.15) is 8.07 Å². The van der Waals surface area contributed by atoms with Crippen molar-refractivity contribution in [2.75, 3.05) is 0 Å². The number of benzene rings is 3. The van der Waals surface area contributed by atoms with Crippen LogP contribution in [0.4, 0.5) is 0 Å². The Morgan fingerprint density at radius 3 is 1.82 bits per heavy atom. The minimum Gasteiger partial charge on any atom is -0.0626 e. The van der Waals surface area contributed by atoms with Crippen LogP contribution in [-0.4, -0.2) is 8.07 Å². The Morgan fingerprint density at radius 2 is 1.14 bits per heavy atom. The molecule has 0 fully saturated rings. The van der Waals surface area contributed by atoms with Crippen molar-refractivity contribution in [1.29, 1.82) is 0 Å². The largest absolute Gasteiger partial charge is 0.112 e. The quantitative estimate of drug-likeness (QED) is 0.637. The Bertz CT molecular complexity index is 730. The van der Waals surface area contributed by atoms with E-state index in [4.69, 9.17) is 0 Å². The molecule has 0 atom stereocenters. The van der Waals surface area contributed by atoms with Gasteiger partial charge in [-0.05, 0) is 17.5 Å².